The normalized spacial score (nSPS) is 17.9. The number of nitrogens with zero attached hydrogens (tertiary/aromatic N) is 2. The van der Waals surface area contributed by atoms with Gasteiger partial charge in [-0.2, -0.15) is 0 Å². The lowest BCUT2D eigenvalue weighted by atomic mass is 10.0. The first kappa shape index (κ1) is 20.5. The molecule has 2 rings (SSSR count). The molecule has 0 radical (unpaired) electrons. The molecule has 1 amide bonds. The molecule has 1 aromatic carbocycles. The van der Waals surface area contributed by atoms with Crippen molar-refractivity contribution in [3.63, 3.8) is 0 Å². The van der Waals surface area contributed by atoms with Crippen molar-refractivity contribution in [2.75, 3.05) is 32.9 Å². The van der Waals surface area contributed by atoms with Crippen LogP contribution in [0.25, 0.3) is 0 Å². The van der Waals surface area contributed by atoms with Crippen molar-refractivity contribution in [1.82, 2.24) is 9.80 Å². The van der Waals surface area contributed by atoms with Gasteiger partial charge in [-0.05, 0) is 45.1 Å². The van der Waals surface area contributed by atoms with Crippen molar-refractivity contribution in [3.8, 4) is 0 Å². The highest BCUT2D eigenvalue weighted by atomic mass is 79.9. The number of anilines is 1. The molecular formula is C14H22BrCl2N3O. The molecule has 1 heterocycles. The maximum Gasteiger partial charge on any atom is 0.255 e. The van der Waals surface area contributed by atoms with Crippen LogP contribution in [0.2, 0.25) is 0 Å². The van der Waals surface area contributed by atoms with Gasteiger partial charge in [0, 0.05) is 29.3 Å². The first-order valence-corrected chi connectivity index (χ1v) is 7.29. The van der Waals surface area contributed by atoms with E-state index in [1.165, 1.54) is 0 Å². The van der Waals surface area contributed by atoms with Crippen LogP contribution in [0.4, 0.5) is 5.69 Å². The van der Waals surface area contributed by atoms with Crippen LogP contribution in [-0.2, 0) is 0 Å². The van der Waals surface area contributed by atoms with Gasteiger partial charge in [0.1, 0.15) is 0 Å². The third-order valence-electron chi connectivity index (χ3n) is 3.66. The van der Waals surface area contributed by atoms with Gasteiger partial charge in [-0.3, -0.25) is 4.79 Å². The molecule has 21 heavy (non-hydrogen) atoms. The van der Waals surface area contributed by atoms with Gasteiger partial charge in [0.2, 0.25) is 0 Å². The summed E-state index contributed by atoms with van der Waals surface area (Å²) >= 11 is 3.36. The number of rotatable bonds is 2. The molecule has 4 nitrogen and oxygen atoms in total. The fourth-order valence-electron chi connectivity index (χ4n) is 2.46. The van der Waals surface area contributed by atoms with Crippen molar-refractivity contribution >= 4 is 52.3 Å². The molecule has 1 unspecified atom stereocenters. The van der Waals surface area contributed by atoms with Gasteiger partial charge < -0.3 is 15.5 Å². The average molecular weight is 399 g/mol. The Kier molecular flexibility index (Phi) is 8.63. The minimum absolute atomic E-state index is 0. The second kappa shape index (κ2) is 8.83. The summed E-state index contributed by atoms with van der Waals surface area (Å²) in [5, 5.41) is 0. The van der Waals surface area contributed by atoms with E-state index in [-0.39, 0.29) is 30.7 Å². The van der Waals surface area contributed by atoms with E-state index in [2.05, 4.69) is 34.9 Å². The standard InChI is InChI=1S/C14H20BrN3O.2ClH/c1-17(2)11-4-3-7-18(9-11)14(19)12-6-5-10(15)8-13(12)16;;/h5-6,8,11H,3-4,7,9,16H2,1-2H3;2*1H. The smallest absolute Gasteiger partial charge is 0.255 e. The molecule has 0 aromatic heterocycles. The van der Waals surface area contributed by atoms with Gasteiger partial charge in [-0.15, -0.1) is 24.8 Å². The van der Waals surface area contributed by atoms with E-state index >= 15 is 0 Å². The number of amides is 1. The minimum atomic E-state index is 0. The highest BCUT2D eigenvalue weighted by molar-refractivity contribution is 9.10. The number of carbonyl (C=O) groups is 1. The van der Waals surface area contributed by atoms with Gasteiger partial charge in [-0.25, -0.2) is 0 Å². The van der Waals surface area contributed by atoms with Crippen LogP contribution in [0.15, 0.2) is 22.7 Å². The van der Waals surface area contributed by atoms with Gasteiger partial charge in [0.05, 0.1) is 5.56 Å². The molecule has 0 bridgehead atoms. The summed E-state index contributed by atoms with van der Waals surface area (Å²) in [6, 6.07) is 5.87. The van der Waals surface area contributed by atoms with Gasteiger partial charge >= 0.3 is 0 Å². The SMILES string of the molecule is CN(C)C1CCCN(C(=O)c2ccc(Br)cc2N)C1.Cl.Cl. The molecule has 1 aliphatic heterocycles. The third-order valence-corrected chi connectivity index (χ3v) is 4.15. The number of hydrogen-bond acceptors (Lipinski definition) is 3. The Morgan fingerprint density at radius 2 is 2.05 bits per heavy atom. The van der Waals surface area contributed by atoms with Crippen molar-refractivity contribution in [2.24, 2.45) is 0 Å². The number of likely N-dealkylation sites (N-methyl/N-ethyl adjacent to an activating group) is 1. The molecule has 120 valence electrons. The summed E-state index contributed by atoms with van der Waals surface area (Å²) in [7, 11) is 4.12. The van der Waals surface area contributed by atoms with E-state index in [0.717, 1.165) is 30.4 Å². The van der Waals surface area contributed by atoms with Crippen molar-refractivity contribution in [1.29, 1.82) is 0 Å². The number of hydrogen-bond donors (Lipinski definition) is 1. The van der Waals surface area contributed by atoms with E-state index < -0.39 is 0 Å². The summed E-state index contributed by atoms with van der Waals surface area (Å²) in [6.07, 6.45) is 2.19. The summed E-state index contributed by atoms with van der Waals surface area (Å²) < 4.78 is 0.895. The molecule has 1 saturated heterocycles. The van der Waals surface area contributed by atoms with Crippen LogP contribution in [0, 0.1) is 0 Å². The summed E-state index contributed by atoms with van der Waals surface area (Å²) in [5.74, 6) is 0.0385. The number of likely N-dealkylation sites (tertiary alicyclic amines) is 1. The largest absolute Gasteiger partial charge is 0.398 e. The Hall–Kier alpha value is -0.490. The molecule has 1 atom stereocenters. The molecular weight excluding hydrogens is 377 g/mol. The van der Waals surface area contributed by atoms with E-state index in [9.17, 15) is 4.79 Å². The lowest BCUT2D eigenvalue weighted by Gasteiger charge is -2.36. The second-order valence-electron chi connectivity index (χ2n) is 5.24. The van der Waals surface area contributed by atoms with Crippen LogP contribution >= 0.6 is 40.7 Å². The molecule has 2 N–H and O–H groups in total. The van der Waals surface area contributed by atoms with E-state index in [4.69, 9.17) is 5.73 Å². The average Bonchev–Trinajstić information content (AvgIpc) is 2.38. The van der Waals surface area contributed by atoms with Crippen LogP contribution in [0.5, 0.6) is 0 Å². The summed E-state index contributed by atoms with van der Waals surface area (Å²) in [5.41, 5.74) is 7.07. The third kappa shape index (κ3) is 5.02. The maximum atomic E-state index is 12.5. The van der Waals surface area contributed by atoms with Gasteiger partial charge in [0.15, 0.2) is 0 Å². The minimum Gasteiger partial charge on any atom is -0.398 e. The van der Waals surface area contributed by atoms with Crippen LogP contribution in [-0.4, -0.2) is 48.9 Å². The second-order valence-corrected chi connectivity index (χ2v) is 6.16. The first-order chi connectivity index (χ1) is 8.99. The Balaban J connectivity index is 0.00000200. The Morgan fingerprint density at radius 1 is 1.38 bits per heavy atom. The highest BCUT2D eigenvalue weighted by Crippen LogP contribution is 2.22. The van der Waals surface area contributed by atoms with E-state index in [1.807, 2.05) is 11.0 Å². The zero-order chi connectivity index (χ0) is 14.0. The zero-order valence-corrected chi connectivity index (χ0v) is 15.4. The molecule has 7 heteroatoms. The monoisotopic (exact) mass is 397 g/mol. The quantitative estimate of drug-likeness (QED) is 0.779. The molecule has 1 aliphatic rings. The fraction of sp³-hybridized carbons (Fsp3) is 0.500. The molecule has 1 fully saturated rings. The lowest BCUT2D eigenvalue weighted by molar-refractivity contribution is 0.0636. The fourth-order valence-corrected chi connectivity index (χ4v) is 2.84. The van der Waals surface area contributed by atoms with Crippen LogP contribution < -0.4 is 5.73 Å². The molecule has 0 saturated carbocycles. The number of carbonyl (C=O) groups excluding carboxylic acids is 1. The summed E-state index contributed by atoms with van der Waals surface area (Å²) in [4.78, 5) is 16.6. The topological polar surface area (TPSA) is 49.6 Å². The zero-order valence-electron chi connectivity index (χ0n) is 12.2. The Bertz CT molecular complexity index is 485. The number of nitrogen functional groups attached to an aromatic ring is 1. The number of piperidine rings is 1. The van der Waals surface area contributed by atoms with Crippen molar-refractivity contribution in [3.05, 3.63) is 28.2 Å². The van der Waals surface area contributed by atoms with Gasteiger partial charge in [-0.1, -0.05) is 15.9 Å². The molecule has 0 aliphatic carbocycles. The first-order valence-electron chi connectivity index (χ1n) is 6.50. The predicted molar refractivity (Wildman–Crippen MR) is 95.7 cm³/mol. The molecule has 0 spiro atoms. The highest BCUT2D eigenvalue weighted by Gasteiger charge is 2.26. The predicted octanol–water partition coefficient (Wildman–Crippen LogP) is 3.04. The molecule has 1 aromatic rings. The number of halogens is 3. The Labute approximate surface area is 147 Å². The van der Waals surface area contributed by atoms with E-state index in [1.54, 1.807) is 12.1 Å². The lowest BCUT2D eigenvalue weighted by Crippen LogP contribution is -2.47. The van der Waals surface area contributed by atoms with Crippen molar-refractivity contribution in [2.45, 2.75) is 18.9 Å². The van der Waals surface area contributed by atoms with Crippen molar-refractivity contribution < 1.29 is 4.79 Å². The number of benzene rings is 1. The van der Waals surface area contributed by atoms with E-state index in [0.29, 0.717) is 17.3 Å². The Morgan fingerprint density at radius 3 is 2.62 bits per heavy atom. The van der Waals surface area contributed by atoms with Gasteiger partial charge in [0.25, 0.3) is 5.91 Å². The summed E-state index contributed by atoms with van der Waals surface area (Å²) in [6.45, 7) is 1.60. The van der Waals surface area contributed by atoms with Crippen LogP contribution in [0.1, 0.15) is 23.2 Å². The van der Waals surface area contributed by atoms with Crippen LogP contribution in [0.3, 0.4) is 0 Å². The number of nitrogens with two attached hydrogens (primary N) is 1. The maximum absolute atomic E-state index is 12.5.